The maximum Gasteiger partial charge on any atom is 0.0912 e. The first-order valence-corrected chi connectivity index (χ1v) is 4.17. The second kappa shape index (κ2) is 5.54. The summed E-state index contributed by atoms with van der Waals surface area (Å²) in [5.41, 5.74) is 6.14. The van der Waals surface area contributed by atoms with Crippen LogP contribution >= 0.6 is 28.3 Å². The SMILES string of the molecule is Cl.NCC(O)c1ccc(Br)cc1. The van der Waals surface area contributed by atoms with Gasteiger partial charge in [-0.1, -0.05) is 28.1 Å². The fraction of sp³-hybridized carbons (Fsp3) is 0.250. The molecule has 4 heteroatoms. The topological polar surface area (TPSA) is 46.2 Å². The maximum absolute atomic E-state index is 9.28. The first-order chi connectivity index (χ1) is 5.24. The van der Waals surface area contributed by atoms with Gasteiger partial charge in [-0.25, -0.2) is 0 Å². The molecule has 1 rings (SSSR count). The molecule has 0 spiro atoms. The third-order valence-corrected chi connectivity index (χ3v) is 2.01. The first kappa shape index (κ1) is 11.9. The van der Waals surface area contributed by atoms with Crippen molar-refractivity contribution in [2.45, 2.75) is 6.10 Å². The summed E-state index contributed by atoms with van der Waals surface area (Å²) in [7, 11) is 0. The Morgan fingerprint density at radius 1 is 1.33 bits per heavy atom. The Bertz CT molecular complexity index is 227. The lowest BCUT2D eigenvalue weighted by molar-refractivity contribution is 0.187. The van der Waals surface area contributed by atoms with Crippen LogP contribution in [0.4, 0.5) is 0 Å². The predicted molar refractivity (Wildman–Crippen MR) is 55.4 cm³/mol. The van der Waals surface area contributed by atoms with Gasteiger partial charge in [0.1, 0.15) is 0 Å². The van der Waals surface area contributed by atoms with Crippen LogP contribution in [0.15, 0.2) is 28.7 Å². The van der Waals surface area contributed by atoms with E-state index < -0.39 is 6.10 Å². The van der Waals surface area contributed by atoms with E-state index >= 15 is 0 Å². The fourth-order valence-electron chi connectivity index (χ4n) is 0.821. The van der Waals surface area contributed by atoms with Gasteiger partial charge < -0.3 is 10.8 Å². The van der Waals surface area contributed by atoms with E-state index in [2.05, 4.69) is 15.9 Å². The minimum absolute atomic E-state index is 0. The largest absolute Gasteiger partial charge is 0.387 e. The molecule has 0 aromatic heterocycles. The Kier molecular flexibility index (Phi) is 5.50. The monoisotopic (exact) mass is 251 g/mol. The van der Waals surface area contributed by atoms with Crippen LogP contribution in [0.1, 0.15) is 11.7 Å². The van der Waals surface area contributed by atoms with Crippen molar-refractivity contribution in [2.24, 2.45) is 5.73 Å². The van der Waals surface area contributed by atoms with Crippen molar-refractivity contribution in [1.82, 2.24) is 0 Å². The third-order valence-electron chi connectivity index (χ3n) is 1.48. The number of aliphatic hydroxyl groups is 1. The second-order valence-corrected chi connectivity index (χ2v) is 3.22. The summed E-state index contributed by atoms with van der Waals surface area (Å²) in [5, 5.41) is 9.28. The van der Waals surface area contributed by atoms with E-state index in [0.29, 0.717) is 0 Å². The van der Waals surface area contributed by atoms with Crippen molar-refractivity contribution in [3.05, 3.63) is 34.3 Å². The summed E-state index contributed by atoms with van der Waals surface area (Å²) < 4.78 is 1.01. The molecule has 0 saturated heterocycles. The van der Waals surface area contributed by atoms with Crippen LogP contribution in [0.25, 0.3) is 0 Å². The normalized spacial score (nSPS) is 11.9. The highest BCUT2D eigenvalue weighted by Crippen LogP contribution is 2.15. The Balaban J connectivity index is 0.00000121. The van der Waals surface area contributed by atoms with Crippen LogP contribution in [0, 0.1) is 0 Å². The quantitative estimate of drug-likeness (QED) is 0.844. The molecule has 68 valence electrons. The molecule has 0 bridgehead atoms. The van der Waals surface area contributed by atoms with Crippen LogP contribution in [0.3, 0.4) is 0 Å². The van der Waals surface area contributed by atoms with Crippen LogP contribution < -0.4 is 5.73 Å². The molecule has 0 radical (unpaired) electrons. The minimum Gasteiger partial charge on any atom is -0.387 e. The van der Waals surface area contributed by atoms with Gasteiger partial charge in [0.2, 0.25) is 0 Å². The van der Waals surface area contributed by atoms with Crippen LogP contribution in [0.2, 0.25) is 0 Å². The Morgan fingerprint density at radius 2 is 1.83 bits per heavy atom. The fourth-order valence-corrected chi connectivity index (χ4v) is 1.09. The average molecular weight is 253 g/mol. The molecule has 0 aliphatic heterocycles. The summed E-state index contributed by atoms with van der Waals surface area (Å²) in [4.78, 5) is 0. The molecule has 0 fully saturated rings. The molecule has 0 saturated carbocycles. The van der Waals surface area contributed by atoms with Gasteiger partial charge in [-0.3, -0.25) is 0 Å². The first-order valence-electron chi connectivity index (χ1n) is 3.37. The standard InChI is InChI=1S/C8H10BrNO.ClH/c9-7-3-1-6(2-4-7)8(11)5-10;/h1-4,8,11H,5,10H2;1H. The molecular formula is C8H11BrClNO. The van der Waals surface area contributed by atoms with E-state index in [4.69, 9.17) is 5.73 Å². The predicted octanol–water partition coefficient (Wildman–Crippen LogP) is 1.86. The smallest absolute Gasteiger partial charge is 0.0912 e. The molecule has 0 heterocycles. The van der Waals surface area contributed by atoms with E-state index in [1.54, 1.807) is 0 Å². The lowest BCUT2D eigenvalue weighted by atomic mass is 10.1. The highest BCUT2D eigenvalue weighted by Gasteiger charge is 2.02. The van der Waals surface area contributed by atoms with E-state index in [1.807, 2.05) is 24.3 Å². The molecule has 1 unspecified atom stereocenters. The van der Waals surface area contributed by atoms with E-state index in [0.717, 1.165) is 10.0 Å². The zero-order chi connectivity index (χ0) is 8.27. The van der Waals surface area contributed by atoms with Gasteiger partial charge in [0.15, 0.2) is 0 Å². The van der Waals surface area contributed by atoms with Crippen molar-refractivity contribution in [3.63, 3.8) is 0 Å². The second-order valence-electron chi connectivity index (χ2n) is 2.30. The summed E-state index contributed by atoms with van der Waals surface area (Å²) in [6.45, 7) is 0.266. The number of hydrogen-bond acceptors (Lipinski definition) is 2. The van der Waals surface area contributed by atoms with Gasteiger partial charge in [-0.2, -0.15) is 0 Å². The Morgan fingerprint density at radius 3 is 2.25 bits per heavy atom. The number of aliphatic hydroxyl groups excluding tert-OH is 1. The lowest BCUT2D eigenvalue weighted by Gasteiger charge is -2.06. The van der Waals surface area contributed by atoms with Crippen LogP contribution in [0.5, 0.6) is 0 Å². The van der Waals surface area contributed by atoms with Crippen molar-refractivity contribution < 1.29 is 5.11 Å². The summed E-state index contributed by atoms with van der Waals surface area (Å²) in [6.07, 6.45) is -0.539. The van der Waals surface area contributed by atoms with Crippen LogP contribution in [-0.2, 0) is 0 Å². The molecule has 2 nitrogen and oxygen atoms in total. The molecule has 0 aliphatic rings. The average Bonchev–Trinajstić information content (AvgIpc) is 2.05. The lowest BCUT2D eigenvalue weighted by Crippen LogP contribution is -2.11. The molecule has 3 N–H and O–H groups in total. The van der Waals surface area contributed by atoms with Gasteiger partial charge in [-0.15, -0.1) is 12.4 Å². The molecular weight excluding hydrogens is 241 g/mol. The van der Waals surface area contributed by atoms with Gasteiger partial charge in [0, 0.05) is 11.0 Å². The van der Waals surface area contributed by atoms with Crippen molar-refractivity contribution in [2.75, 3.05) is 6.54 Å². The zero-order valence-corrected chi connectivity index (χ0v) is 8.81. The van der Waals surface area contributed by atoms with Gasteiger partial charge in [0.05, 0.1) is 6.10 Å². The third kappa shape index (κ3) is 3.11. The van der Waals surface area contributed by atoms with E-state index in [9.17, 15) is 5.11 Å². The minimum atomic E-state index is -0.539. The summed E-state index contributed by atoms with van der Waals surface area (Å²) in [6, 6.07) is 7.46. The number of benzene rings is 1. The number of hydrogen-bond donors (Lipinski definition) is 2. The molecule has 1 aromatic carbocycles. The van der Waals surface area contributed by atoms with Gasteiger partial charge >= 0.3 is 0 Å². The van der Waals surface area contributed by atoms with Crippen molar-refractivity contribution >= 4 is 28.3 Å². The maximum atomic E-state index is 9.28. The Hall–Kier alpha value is -0.0900. The summed E-state index contributed by atoms with van der Waals surface area (Å²) in [5.74, 6) is 0. The molecule has 1 aromatic rings. The van der Waals surface area contributed by atoms with Crippen molar-refractivity contribution in [3.8, 4) is 0 Å². The zero-order valence-electron chi connectivity index (χ0n) is 6.40. The summed E-state index contributed by atoms with van der Waals surface area (Å²) >= 11 is 3.30. The highest BCUT2D eigenvalue weighted by atomic mass is 79.9. The molecule has 12 heavy (non-hydrogen) atoms. The number of nitrogens with two attached hydrogens (primary N) is 1. The molecule has 0 amide bonds. The molecule has 0 aliphatic carbocycles. The van der Waals surface area contributed by atoms with Crippen molar-refractivity contribution in [1.29, 1.82) is 0 Å². The van der Waals surface area contributed by atoms with Crippen LogP contribution in [-0.4, -0.2) is 11.7 Å². The number of halogens is 2. The van der Waals surface area contributed by atoms with E-state index in [1.165, 1.54) is 0 Å². The highest BCUT2D eigenvalue weighted by molar-refractivity contribution is 9.10. The van der Waals surface area contributed by atoms with Gasteiger partial charge in [-0.05, 0) is 17.7 Å². The number of rotatable bonds is 2. The Labute approximate surface area is 86.3 Å². The molecule has 1 atom stereocenters. The van der Waals surface area contributed by atoms with E-state index in [-0.39, 0.29) is 19.0 Å². The van der Waals surface area contributed by atoms with Gasteiger partial charge in [0.25, 0.3) is 0 Å².